The predicted molar refractivity (Wildman–Crippen MR) is 98.3 cm³/mol. The third-order valence-electron chi connectivity index (χ3n) is 3.99. The van der Waals surface area contributed by atoms with Crippen LogP contribution in [0.15, 0.2) is 33.6 Å². The first-order valence-electron chi connectivity index (χ1n) is 7.79. The van der Waals surface area contributed by atoms with Crippen LogP contribution in [0.3, 0.4) is 0 Å². The monoisotopic (exact) mass is 452 g/mol. The number of rotatable bonds is 5. The zero-order chi connectivity index (χ0) is 18.8. The van der Waals surface area contributed by atoms with Gasteiger partial charge in [-0.3, -0.25) is 4.79 Å². The van der Waals surface area contributed by atoms with Crippen LogP contribution in [0.25, 0.3) is 0 Å². The van der Waals surface area contributed by atoms with Gasteiger partial charge in [0.25, 0.3) is 0 Å². The Morgan fingerprint density at radius 1 is 1.16 bits per heavy atom. The maximum atomic E-state index is 12.7. The van der Waals surface area contributed by atoms with Crippen molar-refractivity contribution in [2.75, 3.05) is 24.6 Å². The van der Waals surface area contributed by atoms with Gasteiger partial charge >= 0.3 is 0 Å². The quantitative estimate of drug-likeness (QED) is 0.717. The van der Waals surface area contributed by atoms with E-state index in [0.717, 1.165) is 4.47 Å². The van der Waals surface area contributed by atoms with Crippen LogP contribution in [0.5, 0.6) is 0 Å². The van der Waals surface area contributed by atoms with Crippen molar-refractivity contribution < 1.29 is 21.6 Å². The molecular formula is C15H21BrN2O5S2. The minimum absolute atomic E-state index is 0.0652. The van der Waals surface area contributed by atoms with Crippen molar-refractivity contribution in [1.82, 2.24) is 9.62 Å². The van der Waals surface area contributed by atoms with Gasteiger partial charge in [0.15, 0.2) is 9.84 Å². The van der Waals surface area contributed by atoms with E-state index in [1.54, 1.807) is 26.0 Å². The Morgan fingerprint density at radius 3 is 2.16 bits per heavy atom. The Balaban J connectivity index is 2.18. The smallest absolute Gasteiger partial charge is 0.241 e. The lowest BCUT2D eigenvalue weighted by Gasteiger charge is -2.32. The number of hydrogen-bond donors (Lipinski definition) is 1. The van der Waals surface area contributed by atoms with Crippen LogP contribution in [0.4, 0.5) is 0 Å². The number of halogens is 1. The fourth-order valence-corrected chi connectivity index (χ4v) is 5.25. The van der Waals surface area contributed by atoms with Crippen molar-refractivity contribution in [3.63, 3.8) is 0 Å². The maximum Gasteiger partial charge on any atom is 0.241 e. The van der Waals surface area contributed by atoms with Crippen molar-refractivity contribution in [1.29, 1.82) is 0 Å². The number of sulfone groups is 1. The SMILES string of the molecule is CC(C)[C@H](NS(=O)(=O)c1ccc(Br)cc1)C(=O)N1CCS(=O)(=O)CC1. The van der Waals surface area contributed by atoms with Crippen molar-refractivity contribution in [3.8, 4) is 0 Å². The lowest BCUT2D eigenvalue weighted by atomic mass is 10.0. The summed E-state index contributed by atoms with van der Waals surface area (Å²) in [5.74, 6) is -0.867. The summed E-state index contributed by atoms with van der Waals surface area (Å²) in [5.41, 5.74) is 0. The third-order valence-corrected chi connectivity index (χ3v) is 7.59. The van der Waals surface area contributed by atoms with E-state index in [1.807, 2.05) is 0 Å². The second kappa shape index (κ2) is 7.73. The fourth-order valence-electron chi connectivity index (χ4n) is 2.45. The molecule has 1 aliphatic rings. The Kier molecular flexibility index (Phi) is 6.29. The first-order chi connectivity index (χ1) is 11.5. The van der Waals surface area contributed by atoms with Crippen molar-refractivity contribution >= 4 is 41.7 Å². The van der Waals surface area contributed by atoms with Crippen LogP contribution in [0, 0.1) is 5.92 Å². The van der Waals surface area contributed by atoms with E-state index >= 15 is 0 Å². The van der Waals surface area contributed by atoms with Crippen LogP contribution in [0.1, 0.15) is 13.8 Å². The van der Waals surface area contributed by atoms with E-state index in [-0.39, 0.29) is 35.4 Å². The van der Waals surface area contributed by atoms with Crippen molar-refractivity contribution in [2.45, 2.75) is 24.8 Å². The molecule has 0 aromatic heterocycles. The second-order valence-corrected chi connectivity index (χ2v) is 11.2. The number of hydrogen-bond acceptors (Lipinski definition) is 5. The van der Waals surface area contributed by atoms with Gasteiger partial charge in [-0.1, -0.05) is 29.8 Å². The Labute approximate surface area is 156 Å². The second-order valence-electron chi connectivity index (χ2n) is 6.27. The number of carbonyl (C=O) groups excluding carboxylic acids is 1. The first kappa shape index (κ1) is 20.3. The Bertz CT molecular complexity index is 821. The number of nitrogens with one attached hydrogen (secondary N) is 1. The molecule has 1 fully saturated rings. The van der Waals surface area contributed by atoms with Crippen molar-refractivity contribution in [3.05, 3.63) is 28.7 Å². The van der Waals surface area contributed by atoms with Crippen LogP contribution in [0.2, 0.25) is 0 Å². The van der Waals surface area contributed by atoms with E-state index in [1.165, 1.54) is 17.0 Å². The van der Waals surface area contributed by atoms with Gasteiger partial charge in [-0.25, -0.2) is 16.8 Å². The van der Waals surface area contributed by atoms with Gasteiger partial charge in [0, 0.05) is 17.6 Å². The topological polar surface area (TPSA) is 101 Å². The van der Waals surface area contributed by atoms with E-state index in [9.17, 15) is 21.6 Å². The number of nitrogens with zero attached hydrogens (tertiary/aromatic N) is 1. The van der Waals surface area contributed by atoms with Gasteiger partial charge in [0.05, 0.1) is 16.4 Å². The molecule has 1 heterocycles. The zero-order valence-corrected chi connectivity index (χ0v) is 17.2. The Hall–Kier alpha value is -0.970. The molecule has 1 saturated heterocycles. The molecule has 10 heteroatoms. The van der Waals surface area contributed by atoms with Gasteiger partial charge in [-0.05, 0) is 30.2 Å². The lowest BCUT2D eigenvalue weighted by Crippen LogP contribution is -2.54. The number of benzene rings is 1. The minimum Gasteiger partial charge on any atom is -0.339 e. The highest BCUT2D eigenvalue weighted by molar-refractivity contribution is 9.10. The summed E-state index contributed by atoms with van der Waals surface area (Å²) in [6.07, 6.45) is 0. The summed E-state index contributed by atoms with van der Waals surface area (Å²) in [6.45, 7) is 3.66. The molecule has 0 bridgehead atoms. The van der Waals surface area contributed by atoms with Gasteiger partial charge in [-0.15, -0.1) is 0 Å². The molecular weight excluding hydrogens is 432 g/mol. The van der Waals surface area contributed by atoms with E-state index in [2.05, 4.69) is 20.7 Å². The highest BCUT2D eigenvalue weighted by atomic mass is 79.9. The zero-order valence-electron chi connectivity index (χ0n) is 14.0. The van der Waals surface area contributed by atoms with Gasteiger partial charge in [0.2, 0.25) is 15.9 Å². The molecule has 0 spiro atoms. The lowest BCUT2D eigenvalue weighted by molar-refractivity contribution is -0.133. The number of carbonyl (C=O) groups is 1. The molecule has 2 rings (SSSR count). The van der Waals surface area contributed by atoms with Crippen LogP contribution in [-0.2, 0) is 24.7 Å². The van der Waals surface area contributed by atoms with Gasteiger partial charge in [0.1, 0.15) is 6.04 Å². The molecule has 0 aliphatic carbocycles. The van der Waals surface area contributed by atoms with Crippen LogP contribution < -0.4 is 4.72 Å². The summed E-state index contributed by atoms with van der Waals surface area (Å²) in [7, 11) is -6.98. The summed E-state index contributed by atoms with van der Waals surface area (Å²) in [6, 6.07) is 5.16. The molecule has 7 nitrogen and oxygen atoms in total. The maximum absolute atomic E-state index is 12.7. The van der Waals surface area contributed by atoms with E-state index < -0.39 is 31.8 Å². The van der Waals surface area contributed by atoms with E-state index in [0.29, 0.717) is 0 Å². The van der Waals surface area contributed by atoms with Crippen molar-refractivity contribution in [2.24, 2.45) is 5.92 Å². The number of sulfonamides is 1. The van der Waals surface area contributed by atoms with Gasteiger partial charge in [-0.2, -0.15) is 4.72 Å². The molecule has 1 aromatic carbocycles. The molecule has 1 aliphatic heterocycles. The molecule has 1 aromatic rings. The third kappa shape index (κ3) is 5.25. The fraction of sp³-hybridized carbons (Fsp3) is 0.533. The number of amides is 1. The van der Waals surface area contributed by atoms with Crippen LogP contribution >= 0.6 is 15.9 Å². The summed E-state index contributed by atoms with van der Waals surface area (Å²) >= 11 is 3.25. The Morgan fingerprint density at radius 2 is 1.68 bits per heavy atom. The summed E-state index contributed by atoms with van der Waals surface area (Å²) in [5, 5.41) is 0. The molecule has 25 heavy (non-hydrogen) atoms. The highest BCUT2D eigenvalue weighted by Crippen LogP contribution is 2.17. The molecule has 0 unspecified atom stereocenters. The van der Waals surface area contributed by atoms with Gasteiger partial charge < -0.3 is 4.90 Å². The first-order valence-corrected chi connectivity index (χ1v) is 11.9. The highest BCUT2D eigenvalue weighted by Gasteiger charge is 2.34. The molecule has 0 radical (unpaired) electrons. The molecule has 1 atom stereocenters. The average molecular weight is 453 g/mol. The molecule has 140 valence electrons. The normalized spacial score (nSPS) is 19.0. The average Bonchev–Trinajstić information content (AvgIpc) is 2.52. The molecule has 1 N–H and O–H groups in total. The predicted octanol–water partition coefficient (Wildman–Crippen LogP) is 1.01. The molecule has 0 saturated carbocycles. The van der Waals surface area contributed by atoms with E-state index in [4.69, 9.17) is 0 Å². The standard InChI is InChI=1S/C15H21BrN2O5S2/c1-11(2)14(15(19)18-7-9-24(20,21)10-8-18)17-25(22,23)13-5-3-12(16)4-6-13/h3-6,11,14,17H,7-10H2,1-2H3/t14-/m0/s1. The molecule has 1 amide bonds. The summed E-state index contributed by atoms with van der Waals surface area (Å²) in [4.78, 5) is 14.2. The minimum atomic E-state index is -3.86. The largest absolute Gasteiger partial charge is 0.339 e. The summed E-state index contributed by atoms with van der Waals surface area (Å²) < 4.78 is 51.3. The van der Waals surface area contributed by atoms with Crippen LogP contribution in [-0.4, -0.2) is 58.3 Å².